The summed E-state index contributed by atoms with van der Waals surface area (Å²) in [6.45, 7) is 6.47. The van der Waals surface area contributed by atoms with E-state index in [2.05, 4.69) is 112 Å². The third-order valence-electron chi connectivity index (χ3n) is 12.9. The van der Waals surface area contributed by atoms with Gasteiger partial charge in [-0.1, -0.05) is 279 Å². The standard InChI is InChI=1S/C66H112O6/c1-4-7-10-13-16-19-22-25-28-31-33-36-38-41-44-47-50-53-56-59-65(68)71-62-63(61-70-64(67)58-55-52-49-46-43-40-37-34-30-27-24-21-18-15-12-9-6-3)72-66(69)60-57-54-51-48-45-42-39-35-32-29-26-23-20-17-14-11-8-5-2/h7,10,16,19,25,28-29,32-33,35-36,39,41,44,50,53,63H,4-6,8-9,11-15,17-18,20-24,26-27,30-31,34,37-38,40,42-43,45-49,51-52,54-62H2,1-3H3/b10-7-,19-16-,28-25-,32-29-,36-33-,39-35-,44-41-,53-50-. The summed E-state index contributed by atoms with van der Waals surface area (Å²) in [5.74, 6) is -1.00. The third kappa shape index (κ3) is 57.2. The second kappa shape index (κ2) is 59.9. The second-order valence-electron chi connectivity index (χ2n) is 19.9. The Kier molecular flexibility index (Phi) is 56.8. The lowest BCUT2D eigenvalue weighted by Gasteiger charge is -2.18. The van der Waals surface area contributed by atoms with Crippen LogP contribution in [0.2, 0.25) is 0 Å². The summed E-state index contributed by atoms with van der Waals surface area (Å²) in [5.41, 5.74) is 0. The molecule has 0 aliphatic carbocycles. The maximum atomic E-state index is 12.9. The van der Waals surface area contributed by atoms with Gasteiger partial charge in [0.25, 0.3) is 0 Å². The predicted octanol–water partition coefficient (Wildman–Crippen LogP) is 20.5. The van der Waals surface area contributed by atoms with Crippen molar-refractivity contribution in [2.45, 2.75) is 290 Å². The molecule has 6 nitrogen and oxygen atoms in total. The zero-order chi connectivity index (χ0) is 52.2. The Hall–Kier alpha value is -3.67. The van der Waals surface area contributed by atoms with Gasteiger partial charge in [0.05, 0.1) is 0 Å². The van der Waals surface area contributed by atoms with Crippen LogP contribution in [0.15, 0.2) is 97.2 Å². The molecule has 1 atom stereocenters. The molecule has 0 aromatic rings. The van der Waals surface area contributed by atoms with E-state index in [9.17, 15) is 14.4 Å². The monoisotopic (exact) mass is 1000 g/mol. The summed E-state index contributed by atoms with van der Waals surface area (Å²) in [4.78, 5) is 38.2. The van der Waals surface area contributed by atoms with Crippen molar-refractivity contribution < 1.29 is 28.6 Å². The number of allylic oxidation sites excluding steroid dienone is 16. The topological polar surface area (TPSA) is 78.9 Å². The van der Waals surface area contributed by atoms with E-state index in [1.54, 1.807) is 0 Å². The van der Waals surface area contributed by atoms with Crippen molar-refractivity contribution in [2.75, 3.05) is 13.2 Å². The molecular formula is C66H112O6. The summed E-state index contributed by atoms with van der Waals surface area (Å²) < 4.78 is 16.8. The summed E-state index contributed by atoms with van der Waals surface area (Å²) in [5, 5.41) is 0. The first kappa shape index (κ1) is 68.3. The molecule has 0 aromatic heterocycles. The SMILES string of the molecule is CC/C=C\C/C=C\C/C=C\C/C=C\C/C=C\C/C=C\CCC(=O)OCC(COC(=O)CCCCCCCCCCCCCCCCCCC)OC(=O)CCCCCCC/C=C\C=C/CCCCCCCCC. The number of ether oxygens (including phenoxy) is 3. The van der Waals surface area contributed by atoms with Crippen LogP contribution < -0.4 is 0 Å². The number of hydrogen-bond donors (Lipinski definition) is 0. The molecule has 0 aliphatic heterocycles. The molecule has 6 heteroatoms. The Bertz CT molecular complexity index is 1430. The third-order valence-corrected chi connectivity index (χ3v) is 12.9. The average Bonchev–Trinajstić information content (AvgIpc) is 3.38. The summed E-state index contributed by atoms with van der Waals surface area (Å²) >= 11 is 0. The number of hydrogen-bond acceptors (Lipinski definition) is 6. The predicted molar refractivity (Wildman–Crippen MR) is 311 cm³/mol. The molecule has 0 saturated carbocycles. The van der Waals surface area contributed by atoms with Crippen molar-refractivity contribution in [1.29, 1.82) is 0 Å². The molecule has 0 heterocycles. The molecule has 0 N–H and O–H groups in total. The average molecular weight is 1000 g/mol. The zero-order valence-electron chi connectivity index (χ0n) is 47.2. The van der Waals surface area contributed by atoms with E-state index in [0.29, 0.717) is 19.3 Å². The molecule has 0 bridgehead atoms. The minimum Gasteiger partial charge on any atom is -0.462 e. The highest BCUT2D eigenvalue weighted by Crippen LogP contribution is 2.16. The fourth-order valence-electron chi connectivity index (χ4n) is 8.34. The summed E-state index contributed by atoms with van der Waals surface area (Å²) in [7, 11) is 0. The molecule has 0 aromatic carbocycles. The number of carbonyl (C=O) groups excluding carboxylic acids is 3. The van der Waals surface area contributed by atoms with Gasteiger partial charge in [-0.15, -0.1) is 0 Å². The van der Waals surface area contributed by atoms with Crippen LogP contribution in [0.4, 0.5) is 0 Å². The molecule has 0 spiro atoms. The number of esters is 3. The Morgan fingerprint density at radius 3 is 0.986 bits per heavy atom. The smallest absolute Gasteiger partial charge is 0.306 e. The number of unbranched alkanes of at least 4 members (excludes halogenated alkanes) is 28. The van der Waals surface area contributed by atoms with Crippen LogP contribution >= 0.6 is 0 Å². The van der Waals surface area contributed by atoms with E-state index in [0.717, 1.165) is 96.3 Å². The highest BCUT2D eigenvalue weighted by Gasteiger charge is 2.19. The van der Waals surface area contributed by atoms with Gasteiger partial charge < -0.3 is 14.2 Å². The quantitative estimate of drug-likeness (QED) is 0.0199. The van der Waals surface area contributed by atoms with Crippen molar-refractivity contribution in [2.24, 2.45) is 0 Å². The van der Waals surface area contributed by atoms with Gasteiger partial charge in [0.1, 0.15) is 13.2 Å². The van der Waals surface area contributed by atoms with Crippen molar-refractivity contribution in [3.05, 3.63) is 97.2 Å². The molecule has 0 amide bonds. The largest absolute Gasteiger partial charge is 0.462 e. The van der Waals surface area contributed by atoms with Crippen LogP contribution in [0.25, 0.3) is 0 Å². The molecule has 0 fully saturated rings. The van der Waals surface area contributed by atoms with Crippen molar-refractivity contribution >= 4 is 17.9 Å². The molecule has 0 saturated heterocycles. The van der Waals surface area contributed by atoms with Crippen LogP contribution in [0.3, 0.4) is 0 Å². The van der Waals surface area contributed by atoms with Crippen LogP contribution in [0, 0.1) is 0 Å². The van der Waals surface area contributed by atoms with E-state index in [-0.39, 0.29) is 37.5 Å². The van der Waals surface area contributed by atoms with E-state index < -0.39 is 6.10 Å². The first-order valence-corrected chi connectivity index (χ1v) is 30.3. The van der Waals surface area contributed by atoms with Crippen molar-refractivity contribution in [3.8, 4) is 0 Å². The van der Waals surface area contributed by atoms with Gasteiger partial charge in [-0.05, 0) is 83.5 Å². The molecule has 0 radical (unpaired) electrons. The Labute approximate surface area is 445 Å². The Morgan fingerprint density at radius 1 is 0.306 bits per heavy atom. The van der Waals surface area contributed by atoms with Crippen LogP contribution in [-0.2, 0) is 28.6 Å². The molecule has 72 heavy (non-hydrogen) atoms. The van der Waals surface area contributed by atoms with Gasteiger partial charge in [0.15, 0.2) is 6.10 Å². The first-order valence-electron chi connectivity index (χ1n) is 30.3. The van der Waals surface area contributed by atoms with E-state index in [1.807, 2.05) is 6.08 Å². The van der Waals surface area contributed by atoms with Gasteiger partial charge >= 0.3 is 17.9 Å². The zero-order valence-corrected chi connectivity index (χ0v) is 47.2. The maximum Gasteiger partial charge on any atom is 0.306 e. The van der Waals surface area contributed by atoms with Crippen LogP contribution in [0.1, 0.15) is 284 Å². The van der Waals surface area contributed by atoms with Gasteiger partial charge in [-0.25, -0.2) is 0 Å². The van der Waals surface area contributed by atoms with Gasteiger partial charge in [-0.2, -0.15) is 0 Å². The minimum absolute atomic E-state index is 0.105. The first-order chi connectivity index (χ1) is 35.5. The van der Waals surface area contributed by atoms with Gasteiger partial charge in [0.2, 0.25) is 0 Å². The lowest BCUT2D eigenvalue weighted by molar-refractivity contribution is -0.166. The van der Waals surface area contributed by atoms with Gasteiger partial charge in [-0.3, -0.25) is 14.4 Å². The van der Waals surface area contributed by atoms with Gasteiger partial charge in [0, 0.05) is 19.3 Å². The normalized spacial score (nSPS) is 12.8. The van der Waals surface area contributed by atoms with E-state index in [4.69, 9.17) is 14.2 Å². The van der Waals surface area contributed by atoms with Crippen LogP contribution in [0.5, 0.6) is 0 Å². The molecular weight excluding hydrogens is 889 g/mol. The highest BCUT2D eigenvalue weighted by molar-refractivity contribution is 5.71. The maximum absolute atomic E-state index is 12.9. The molecule has 412 valence electrons. The minimum atomic E-state index is -0.816. The second-order valence-corrected chi connectivity index (χ2v) is 19.9. The van der Waals surface area contributed by atoms with E-state index in [1.165, 1.54) is 141 Å². The molecule has 0 rings (SSSR count). The Morgan fingerprint density at radius 2 is 0.611 bits per heavy atom. The lowest BCUT2D eigenvalue weighted by Crippen LogP contribution is -2.30. The number of rotatable bonds is 54. The van der Waals surface area contributed by atoms with Crippen molar-refractivity contribution in [1.82, 2.24) is 0 Å². The number of carbonyl (C=O) groups is 3. The van der Waals surface area contributed by atoms with E-state index >= 15 is 0 Å². The summed E-state index contributed by atoms with van der Waals surface area (Å²) in [6, 6.07) is 0. The Balaban J connectivity index is 4.51. The van der Waals surface area contributed by atoms with Crippen LogP contribution in [-0.4, -0.2) is 37.2 Å². The fourth-order valence-corrected chi connectivity index (χ4v) is 8.34. The molecule has 1 unspecified atom stereocenters. The summed E-state index contributed by atoms with van der Waals surface area (Å²) in [6.07, 6.45) is 79.8. The highest BCUT2D eigenvalue weighted by atomic mass is 16.6. The molecule has 0 aliphatic rings. The lowest BCUT2D eigenvalue weighted by atomic mass is 10.0. The van der Waals surface area contributed by atoms with Crippen molar-refractivity contribution in [3.63, 3.8) is 0 Å². The fraction of sp³-hybridized carbons (Fsp3) is 0.712.